The van der Waals surface area contributed by atoms with E-state index in [0.29, 0.717) is 11.3 Å². The molecule has 1 rings (SSSR count). The number of aliphatic hydroxyl groups excluding tert-OH is 1. The summed E-state index contributed by atoms with van der Waals surface area (Å²) in [6.07, 6.45) is -8.52. The van der Waals surface area contributed by atoms with Crippen molar-refractivity contribution in [3.63, 3.8) is 0 Å². The lowest BCUT2D eigenvalue weighted by atomic mass is 9.93. The summed E-state index contributed by atoms with van der Waals surface area (Å²) in [5.74, 6) is -2.33. The largest absolute Gasteiger partial charge is 0.496 e. The first kappa shape index (κ1) is 16.3. The Labute approximate surface area is 113 Å². The molecule has 0 radical (unpaired) electrons. The van der Waals surface area contributed by atoms with E-state index in [1.54, 1.807) is 24.3 Å². The molecule has 0 heterocycles. The van der Waals surface area contributed by atoms with Crippen LogP contribution in [0.5, 0.6) is 5.75 Å². The Bertz CT molecular complexity index is 459. The lowest BCUT2D eigenvalue weighted by Crippen LogP contribution is -2.33. The second-order valence-electron chi connectivity index (χ2n) is 4.34. The quantitative estimate of drug-likeness (QED) is 0.844. The molecule has 0 amide bonds. The molecule has 20 heavy (non-hydrogen) atoms. The van der Waals surface area contributed by atoms with Gasteiger partial charge in [0, 0.05) is 0 Å². The number of benzene rings is 1. The average molecular weight is 292 g/mol. The highest BCUT2D eigenvalue weighted by Crippen LogP contribution is 2.28. The van der Waals surface area contributed by atoms with Crippen molar-refractivity contribution in [2.75, 3.05) is 7.11 Å². The maximum Gasteiger partial charge on any atom is 0.414 e. The van der Waals surface area contributed by atoms with Crippen LogP contribution in [0.25, 0.3) is 0 Å². The number of hydrogen-bond acceptors (Lipinski definition) is 3. The van der Waals surface area contributed by atoms with E-state index in [-0.39, 0.29) is 6.42 Å². The van der Waals surface area contributed by atoms with Gasteiger partial charge in [0.25, 0.3) is 0 Å². The predicted octanol–water partition coefficient (Wildman–Crippen LogP) is 2.25. The van der Waals surface area contributed by atoms with Crippen LogP contribution in [0.3, 0.4) is 0 Å². The fourth-order valence-electron chi connectivity index (χ4n) is 1.81. The van der Waals surface area contributed by atoms with Gasteiger partial charge in [-0.2, -0.15) is 13.2 Å². The smallest absolute Gasteiger partial charge is 0.414 e. The molecule has 1 aromatic rings. The standard InChI is InChI=1S/C13H15F3O4/c1-20-10-5-3-2-4-8(10)6-9(12(18)19)7-11(17)13(14,15)16/h2-5,9,11,17H,6-7H2,1H3,(H,18,19). The van der Waals surface area contributed by atoms with Crippen LogP contribution in [0.1, 0.15) is 12.0 Å². The van der Waals surface area contributed by atoms with Crippen molar-refractivity contribution >= 4 is 5.97 Å². The van der Waals surface area contributed by atoms with Gasteiger partial charge in [0.15, 0.2) is 6.10 Å². The monoisotopic (exact) mass is 292 g/mol. The Kier molecular flexibility index (Phi) is 5.38. The number of aliphatic carboxylic acids is 1. The van der Waals surface area contributed by atoms with Gasteiger partial charge in [-0.05, 0) is 24.5 Å². The third kappa shape index (κ3) is 4.41. The third-order valence-electron chi connectivity index (χ3n) is 2.89. The molecule has 0 aromatic heterocycles. The topological polar surface area (TPSA) is 66.8 Å². The van der Waals surface area contributed by atoms with Gasteiger partial charge < -0.3 is 14.9 Å². The van der Waals surface area contributed by atoms with Crippen LogP contribution < -0.4 is 4.74 Å². The number of methoxy groups -OCH3 is 1. The van der Waals surface area contributed by atoms with Gasteiger partial charge in [0.2, 0.25) is 0 Å². The van der Waals surface area contributed by atoms with Crippen molar-refractivity contribution < 1.29 is 32.9 Å². The summed E-state index contributed by atoms with van der Waals surface area (Å²) in [5, 5.41) is 18.0. The first-order chi connectivity index (χ1) is 9.25. The van der Waals surface area contributed by atoms with Gasteiger partial charge >= 0.3 is 12.1 Å². The van der Waals surface area contributed by atoms with E-state index in [1.165, 1.54) is 7.11 Å². The Balaban J connectivity index is 2.85. The molecule has 1 aromatic carbocycles. The highest BCUT2D eigenvalue weighted by atomic mass is 19.4. The van der Waals surface area contributed by atoms with Crippen molar-refractivity contribution in [3.05, 3.63) is 29.8 Å². The van der Waals surface area contributed by atoms with Gasteiger partial charge in [0.1, 0.15) is 5.75 Å². The fourth-order valence-corrected chi connectivity index (χ4v) is 1.81. The molecule has 2 N–H and O–H groups in total. The van der Waals surface area contributed by atoms with Crippen molar-refractivity contribution in [3.8, 4) is 5.75 Å². The van der Waals surface area contributed by atoms with E-state index in [2.05, 4.69) is 0 Å². The fraction of sp³-hybridized carbons (Fsp3) is 0.462. The van der Waals surface area contributed by atoms with Crippen molar-refractivity contribution in [1.82, 2.24) is 0 Å². The summed E-state index contributed by atoms with van der Waals surface area (Å²) < 4.78 is 41.9. The van der Waals surface area contributed by atoms with Crippen LogP contribution in [0.4, 0.5) is 13.2 Å². The second-order valence-corrected chi connectivity index (χ2v) is 4.34. The molecule has 0 bridgehead atoms. The summed E-state index contributed by atoms with van der Waals surface area (Å²) >= 11 is 0. The second kappa shape index (κ2) is 6.60. The third-order valence-corrected chi connectivity index (χ3v) is 2.89. The number of aliphatic hydroxyl groups is 1. The van der Waals surface area contributed by atoms with Crippen molar-refractivity contribution in [2.24, 2.45) is 5.92 Å². The van der Waals surface area contributed by atoms with E-state index in [9.17, 15) is 18.0 Å². The number of ether oxygens (including phenoxy) is 1. The van der Waals surface area contributed by atoms with E-state index in [4.69, 9.17) is 14.9 Å². The van der Waals surface area contributed by atoms with E-state index < -0.39 is 30.6 Å². The van der Waals surface area contributed by atoms with Gasteiger partial charge in [-0.25, -0.2) is 0 Å². The van der Waals surface area contributed by atoms with Crippen molar-refractivity contribution in [2.45, 2.75) is 25.1 Å². The maximum absolute atomic E-state index is 12.3. The first-order valence-corrected chi connectivity index (χ1v) is 5.85. The lowest BCUT2D eigenvalue weighted by Gasteiger charge is -2.19. The Morgan fingerprint density at radius 1 is 1.35 bits per heavy atom. The maximum atomic E-state index is 12.3. The number of hydrogen-bond donors (Lipinski definition) is 2. The molecule has 0 spiro atoms. The van der Waals surface area contributed by atoms with Gasteiger partial charge in [-0.1, -0.05) is 18.2 Å². The number of para-hydroxylation sites is 1. The number of rotatable bonds is 6. The molecule has 7 heteroatoms. The average Bonchev–Trinajstić information content (AvgIpc) is 2.37. The number of carbonyl (C=O) groups is 1. The van der Waals surface area contributed by atoms with Gasteiger partial charge in [-0.15, -0.1) is 0 Å². The van der Waals surface area contributed by atoms with Gasteiger partial charge in [-0.3, -0.25) is 4.79 Å². The molecule has 0 aliphatic heterocycles. The summed E-state index contributed by atoms with van der Waals surface area (Å²) in [5.41, 5.74) is 0.483. The van der Waals surface area contributed by atoms with Crippen molar-refractivity contribution in [1.29, 1.82) is 0 Å². The predicted molar refractivity (Wildman–Crippen MR) is 64.5 cm³/mol. The van der Waals surface area contributed by atoms with Crippen LogP contribution >= 0.6 is 0 Å². The number of carboxylic acids is 1. The zero-order chi connectivity index (χ0) is 15.3. The minimum absolute atomic E-state index is 0.146. The number of alkyl halides is 3. The molecule has 112 valence electrons. The summed E-state index contributed by atoms with van der Waals surface area (Å²) in [6.45, 7) is 0. The first-order valence-electron chi connectivity index (χ1n) is 5.85. The Hall–Kier alpha value is -1.76. The summed E-state index contributed by atoms with van der Waals surface area (Å²) in [4.78, 5) is 11.0. The minimum atomic E-state index is -4.82. The normalized spacial score (nSPS) is 14.7. The van der Waals surface area contributed by atoms with Crippen LogP contribution in [-0.4, -0.2) is 35.6 Å². The van der Waals surface area contributed by atoms with Gasteiger partial charge in [0.05, 0.1) is 13.0 Å². The zero-order valence-electron chi connectivity index (χ0n) is 10.7. The van der Waals surface area contributed by atoms with E-state index in [1.807, 2.05) is 0 Å². The van der Waals surface area contributed by atoms with E-state index >= 15 is 0 Å². The molecule has 4 nitrogen and oxygen atoms in total. The summed E-state index contributed by atoms with van der Waals surface area (Å²) in [6, 6.07) is 6.47. The Morgan fingerprint density at radius 3 is 2.45 bits per heavy atom. The molecule has 2 unspecified atom stereocenters. The molecule has 2 atom stereocenters. The van der Waals surface area contributed by atoms with Crippen LogP contribution in [0.2, 0.25) is 0 Å². The van der Waals surface area contributed by atoms with Crippen LogP contribution in [-0.2, 0) is 11.2 Å². The highest BCUT2D eigenvalue weighted by molar-refractivity contribution is 5.70. The zero-order valence-corrected chi connectivity index (χ0v) is 10.7. The molecule has 0 saturated carbocycles. The molecular formula is C13H15F3O4. The molecule has 0 saturated heterocycles. The van der Waals surface area contributed by atoms with Crippen LogP contribution in [0.15, 0.2) is 24.3 Å². The highest BCUT2D eigenvalue weighted by Gasteiger charge is 2.40. The molecule has 0 aliphatic carbocycles. The van der Waals surface area contributed by atoms with Crippen LogP contribution in [0, 0.1) is 5.92 Å². The number of halogens is 3. The Morgan fingerprint density at radius 2 is 1.95 bits per heavy atom. The molecule has 0 aliphatic rings. The molecular weight excluding hydrogens is 277 g/mol. The SMILES string of the molecule is COc1ccccc1CC(CC(O)C(F)(F)F)C(=O)O. The molecule has 0 fully saturated rings. The minimum Gasteiger partial charge on any atom is -0.496 e. The van der Waals surface area contributed by atoms with E-state index in [0.717, 1.165) is 0 Å². The number of carboxylic acid groups (broad SMARTS) is 1. The lowest BCUT2D eigenvalue weighted by molar-refractivity contribution is -0.209. The summed E-state index contributed by atoms with van der Waals surface area (Å²) in [7, 11) is 1.39.